The molecule has 1 amide bonds. The van der Waals surface area contributed by atoms with Crippen LogP contribution in [0.5, 0.6) is 0 Å². The molecule has 0 aliphatic rings. The van der Waals surface area contributed by atoms with Crippen molar-refractivity contribution in [2.45, 2.75) is 39.2 Å². The van der Waals surface area contributed by atoms with Crippen LogP contribution in [-0.4, -0.2) is 23.0 Å². The van der Waals surface area contributed by atoms with E-state index in [-0.39, 0.29) is 18.4 Å². The standard InChI is InChI=1S/C16H21NO3/c1-12-5-3-7-14(11-12)9-10-15(18)17-13(2)6-4-8-16(19)20/h3,5,7,9-11,13H,4,6,8H2,1-2H3,(H,17,18)(H,19,20)/b10-9+. The second-order valence-electron chi connectivity index (χ2n) is 4.94. The van der Waals surface area contributed by atoms with Gasteiger partial charge < -0.3 is 10.4 Å². The summed E-state index contributed by atoms with van der Waals surface area (Å²) in [5.74, 6) is -0.961. The van der Waals surface area contributed by atoms with Crippen molar-refractivity contribution in [1.29, 1.82) is 0 Å². The Balaban J connectivity index is 2.37. The number of aryl methyl sites for hydroxylation is 1. The third-order valence-corrected chi connectivity index (χ3v) is 2.89. The van der Waals surface area contributed by atoms with Crippen LogP contribution in [0.15, 0.2) is 30.3 Å². The van der Waals surface area contributed by atoms with E-state index in [1.807, 2.05) is 38.1 Å². The molecule has 0 saturated carbocycles. The van der Waals surface area contributed by atoms with E-state index in [9.17, 15) is 9.59 Å². The molecular weight excluding hydrogens is 254 g/mol. The maximum Gasteiger partial charge on any atom is 0.303 e. The van der Waals surface area contributed by atoms with Gasteiger partial charge in [-0.3, -0.25) is 9.59 Å². The fourth-order valence-electron chi connectivity index (χ4n) is 1.87. The van der Waals surface area contributed by atoms with Crippen molar-refractivity contribution < 1.29 is 14.7 Å². The summed E-state index contributed by atoms with van der Waals surface area (Å²) in [6.45, 7) is 3.88. The van der Waals surface area contributed by atoms with Gasteiger partial charge in [0.25, 0.3) is 0 Å². The predicted molar refractivity (Wildman–Crippen MR) is 79.3 cm³/mol. The van der Waals surface area contributed by atoms with E-state index in [1.54, 1.807) is 6.08 Å². The zero-order chi connectivity index (χ0) is 15.0. The molecule has 0 spiro atoms. The van der Waals surface area contributed by atoms with Gasteiger partial charge in [0.15, 0.2) is 0 Å². The number of carboxylic acids is 1. The molecule has 108 valence electrons. The number of amides is 1. The summed E-state index contributed by atoms with van der Waals surface area (Å²) >= 11 is 0. The molecule has 0 heterocycles. The molecule has 0 bridgehead atoms. The number of hydrogen-bond donors (Lipinski definition) is 2. The first-order chi connectivity index (χ1) is 9.47. The monoisotopic (exact) mass is 275 g/mol. The smallest absolute Gasteiger partial charge is 0.303 e. The Kier molecular flexibility index (Phi) is 6.50. The number of nitrogens with one attached hydrogen (secondary N) is 1. The molecule has 1 aromatic rings. The number of carbonyl (C=O) groups excluding carboxylic acids is 1. The van der Waals surface area contributed by atoms with Crippen LogP contribution in [0.3, 0.4) is 0 Å². The van der Waals surface area contributed by atoms with E-state index in [1.165, 1.54) is 6.08 Å². The van der Waals surface area contributed by atoms with Crippen LogP contribution >= 0.6 is 0 Å². The Hall–Kier alpha value is -2.10. The van der Waals surface area contributed by atoms with Crippen LogP contribution in [0.1, 0.15) is 37.3 Å². The van der Waals surface area contributed by atoms with Crippen molar-refractivity contribution in [3.05, 3.63) is 41.5 Å². The normalized spacial score (nSPS) is 12.3. The fourth-order valence-corrected chi connectivity index (χ4v) is 1.87. The molecule has 0 radical (unpaired) electrons. The summed E-state index contributed by atoms with van der Waals surface area (Å²) in [5, 5.41) is 11.4. The van der Waals surface area contributed by atoms with Gasteiger partial charge in [0, 0.05) is 18.5 Å². The minimum absolute atomic E-state index is 0.0241. The third-order valence-electron chi connectivity index (χ3n) is 2.89. The van der Waals surface area contributed by atoms with Crippen LogP contribution in [0.2, 0.25) is 0 Å². The average molecular weight is 275 g/mol. The molecule has 2 N–H and O–H groups in total. The molecule has 4 nitrogen and oxygen atoms in total. The molecule has 1 atom stereocenters. The van der Waals surface area contributed by atoms with Crippen molar-refractivity contribution in [1.82, 2.24) is 5.32 Å². The maximum absolute atomic E-state index is 11.7. The Morgan fingerprint density at radius 3 is 2.80 bits per heavy atom. The SMILES string of the molecule is Cc1cccc(/C=C/C(=O)NC(C)CCCC(=O)O)c1. The summed E-state index contributed by atoms with van der Waals surface area (Å²) in [6, 6.07) is 7.86. The molecule has 1 unspecified atom stereocenters. The molecule has 0 saturated heterocycles. The number of rotatable bonds is 7. The minimum atomic E-state index is -0.803. The zero-order valence-electron chi connectivity index (χ0n) is 11.9. The predicted octanol–water partition coefficient (Wildman–Crippen LogP) is 2.77. The number of hydrogen-bond acceptors (Lipinski definition) is 2. The van der Waals surface area contributed by atoms with Crippen molar-refractivity contribution in [2.24, 2.45) is 0 Å². The van der Waals surface area contributed by atoms with Gasteiger partial charge in [0.2, 0.25) is 5.91 Å². The van der Waals surface area contributed by atoms with E-state index in [0.29, 0.717) is 12.8 Å². The summed E-state index contributed by atoms with van der Waals surface area (Å²) in [4.78, 5) is 22.1. The summed E-state index contributed by atoms with van der Waals surface area (Å²) in [6.07, 6.45) is 4.64. The Morgan fingerprint density at radius 1 is 1.40 bits per heavy atom. The summed E-state index contributed by atoms with van der Waals surface area (Å²) < 4.78 is 0. The lowest BCUT2D eigenvalue weighted by molar-refractivity contribution is -0.137. The van der Waals surface area contributed by atoms with Gasteiger partial charge in [0.05, 0.1) is 0 Å². The van der Waals surface area contributed by atoms with E-state index >= 15 is 0 Å². The van der Waals surface area contributed by atoms with Gasteiger partial charge in [-0.25, -0.2) is 0 Å². The maximum atomic E-state index is 11.7. The first kappa shape index (κ1) is 16.0. The van der Waals surface area contributed by atoms with Crippen molar-refractivity contribution >= 4 is 18.0 Å². The Bertz CT molecular complexity index is 494. The van der Waals surface area contributed by atoms with Crippen molar-refractivity contribution in [3.8, 4) is 0 Å². The van der Waals surface area contributed by atoms with Crippen molar-refractivity contribution in [3.63, 3.8) is 0 Å². The zero-order valence-corrected chi connectivity index (χ0v) is 11.9. The van der Waals surface area contributed by atoms with Crippen LogP contribution in [0, 0.1) is 6.92 Å². The van der Waals surface area contributed by atoms with Gasteiger partial charge in [-0.2, -0.15) is 0 Å². The fraction of sp³-hybridized carbons (Fsp3) is 0.375. The first-order valence-corrected chi connectivity index (χ1v) is 6.74. The average Bonchev–Trinajstić information content (AvgIpc) is 2.36. The van der Waals surface area contributed by atoms with Crippen LogP contribution in [0.25, 0.3) is 6.08 Å². The van der Waals surface area contributed by atoms with Crippen LogP contribution in [-0.2, 0) is 9.59 Å². The number of aliphatic carboxylic acids is 1. The lowest BCUT2D eigenvalue weighted by Gasteiger charge is -2.11. The second kappa shape index (κ2) is 8.15. The second-order valence-corrected chi connectivity index (χ2v) is 4.94. The van der Waals surface area contributed by atoms with Gasteiger partial charge in [0.1, 0.15) is 0 Å². The summed E-state index contributed by atoms with van der Waals surface area (Å²) in [7, 11) is 0. The molecular formula is C16H21NO3. The van der Waals surface area contributed by atoms with E-state index in [2.05, 4.69) is 5.32 Å². The Morgan fingerprint density at radius 2 is 2.15 bits per heavy atom. The van der Waals surface area contributed by atoms with Gasteiger partial charge in [-0.1, -0.05) is 29.8 Å². The highest BCUT2D eigenvalue weighted by molar-refractivity contribution is 5.91. The first-order valence-electron chi connectivity index (χ1n) is 6.74. The van der Waals surface area contributed by atoms with E-state index in [4.69, 9.17) is 5.11 Å². The lowest BCUT2D eigenvalue weighted by Crippen LogP contribution is -2.31. The third kappa shape index (κ3) is 6.73. The highest BCUT2D eigenvalue weighted by atomic mass is 16.4. The molecule has 1 aromatic carbocycles. The number of carboxylic acid groups (broad SMARTS) is 1. The van der Waals surface area contributed by atoms with Gasteiger partial charge in [-0.05, 0) is 38.3 Å². The quantitative estimate of drug-likeness (QED) is 0.752. The molecule has 20 heavy (non-hydrogen) atoms. The number of benzene rings is 1. The largest absolute Gasteiger partial charge is 0.481 e. The molecule has 0 aliphatic heterocycles. The molecule has 0 fully saturated rings. The Labute approximate surface area is 119 Å². The topological polar surface area (TPSA) is 66.4 Å². The van der Waals surface area contributed by atoms with Crippen LogP contribution < -0.4 is 5.32 Å². The van der Waals surface area contributed by atoms with Crippen molar-refractivity contribution in [2.75, 3.05) is 0 Å². The number of carbonyl (C=O) groups is 2. The van der Waals surface area contributed by atoms with Gasteiger partial charge in [-0.15, -0.1) is 0 Å². The highest BCUT2D eigenvalue weighted by Crippen LogP contribution is 2.06. The molecule has 1 rings (SSSR count). The van der Waals surface area contributed by atoms with Gasteiger partial charge >= 0.3 is 5.97 Å². The molecule has 0 aromatic heterocycles. The van der Waals surface area contributed by atoms with E-state index < -0.39 is 5.97 Å². The summed E-state index contributed by atoms with van der Waals surface area (Å²) in [5.41, 5.74) is 2.13. The molecule has 4 heteroatoms. The molecule has 0 aliphatic carbocycles. The van der Waals surface area contributed by atoms with Crippen LogP contribution in [0.4, 0.5) is 0 Å². The lowest BCUT2D eigenvalue weighted by atomic mass is 10.1. The highest BCUT2D eigenvalue weighted by Gasteiger charge is 2.05. The van der Waals surface area contributed by atoms with E-state index in [0.717, 1.165) is 11.1 Å². The minimum Gasteiger partial charge on any atom is -0.481 e.